The summed E-state index contributed by atoms with van der Waals surface area (Å²) in [5.74, 6) is 0. The third-order valence-corrected chi connectivity index (χ3v) is 3.85. The SMILES string of the molecule is CC(C)(O)[C@@H]1CC(c2ccccc2)=NN1c1ccccc1. The minimum atomic E-state index is -0.824. The van der Waals surface area contributed by atoms with Crippen LogP contribution in [0.15, 0.2) is 65.8 Å². The molecule has 0 fully saturated rings. The number of hydrogen-bond donors (Lipinski definition) is 1. The van der Waals surface area contributed by atoms with Gasteiger partial charge in [-0.3, -0.25) is 5.01 Å². The van der Waals surface area contributed by atoms with Crippen molar-refractivity contribution in [3.63, 3.8) is 0 Å². The number of nitrogens with zero attached hydrogens (tertiary/aromatic N) is 2. The molecule has 1 heterocycles. The first kappa shape index (κ1) is 13.8. The molecule has 1 atom stereocenters. The molecule has 0 bridgehead atoms. The second-order valence-electron chi connectivity index (χ2n) is 5.97. The van der Waals surface area contributed by atoms with Gasteiger partial charge in [0.2, 0.25) is 0 Å². The van der Waals surface area contributed by atoms with Crippen molar-refractivity contribution < 1.29 is 5.11 Å². The van der Waals surface area contributed by atoms with Crippen LogP contribution in [0.3, 0.4) is 0 Å². The summed E-state index contributed by atoms with van der Waals surface area (Å²) in [6.45, 7) is 3.69. The summed E-state index contributed by atoms with van der Waals surface area (Å²) in [6.07, 6.45) is 0.738. The van der Waals surface area contributed by atoms with E-state index in [1.807, 2.05) is 67.4 Å². The molecule has 0 unspecified atom stereocenters. The molecule has 1 aliphatic rings. The molecule has 3 rings (SSSR count). The van der Waals surface area contributed by atoms with E-state index in [9.17, 15) is 5.11 Å². The first-order chi connectivity index (χ1) is 10.1. The smallest absolute Gasteiger partial charge is 0.0863 e. The topological polar surface area (TPSA) is 35.8 Å². The molecule has 2 aromatic rings. The molecule has 0 saturated heterocycles. The van der Waals surface area contributed by atoms with Crippen molar-refractivity contribution in [2.75, 3.05) is 5.01 Å². The van der Waals surface area contributed by atoms with Gasteiger partial charge in [0.15, 0.2) is 0 Å². The Hall–Kier alpha value is -2.13. The minimum absolute atomic E-state index is 0.0601. The molecule has 3 nitrogen and oxygen atoms in total. The second-order valence-corrected chi connectivity index (χ2v) is 5.97. The highest BCUT2D eigenvalue weighted by Crippen LogP contribution is 2.32. The highest BCUT2D eigenvalue weighted by Gasteiger charge is 2.38. The average Bonchev–Trinajstić information content (AvgIpc) is 2.94. The van der Waals surface area contributed by atoms with Crippen LogP contribution < -0.4 is 5.01 Å². The molecular formula is C18H20N2O. The maximum Gasteiger partial charge on any atom is 0.0863 e. The third kappa shape index (κ3) is 2.83. The Morgan fingerprint density at radius 1 is 1.00 bits per heavy atom. The quantitative estimate of drug-likeness (QED) is 0.935. The van der Waals surface area contributed by atoms with Gasteiger partial charge in [0.1, 0.15) is 0 Å². The van der Waals surface area contributed by atoms with Crippen molar-refractivity contribution in [1.29, 1.82) is 0 Å². The van der Waals surface area contributed by atoms with Gasteiger partial charge in [0.25, 0.3) is 0 Å². The maximum absolute atomic E-state index is 10.5. The summed E-state index contributed by atoms with van der Waals surface area (Å²) in [5, 5.41) is 17.2. The fourth-order valence-electron chi connectivity index (χ4n) is 2.68. The van der Waals surface area contributed by atoms with Crippen molar-refractivity contribution in [3.8, 4) is 0 Å². The molecular weight excluding hydrogens is 260 g/mol. The standard InChI is InChI=1S/C18H20N2O/c1-18(2,21)17-13-16(14-9-5-3-6-10-14)19-20(17)15-11-7-4-8-12-15/h3-12,17,21H,13H2,1-2H3/t17-/m0/s1. The Morgan fingerprint density at radius 2 is 1.57 bits per heavy atom. The highest BCUT2D eigenvalue weighted by atomic mass is 16.3. The Morgan fingerprint density at radius 3 is 2.14 bits per heavy atom. The van der Waals surface area contributed by atoms with E-state index in [1.165, 1.54) is 0 Å². The molecule has 0 aliphatic carbocycles. The largest absolute Gasteiger partial charge is 0.388 e. The van der Waals surface area contributed by atoms with Crippen LogP contribution in [0.5, 0.6) is 0 Å². The summed E-state index contributed by atoms with van der Waals surface area (Å²) >= 11 is 0. The van der Waals surface area contributed by atoms with Crippen LogP contribution in [0.2, 0.25) is 0 Å². The van der Waals surface area contributed by atoms with Gasteiger partial charge in [-0.1, -0.05) is 48.5 Å². The summed E-state index contributed by atoms with van der Waals surface area (Å²) < 4.78 is 0. The fraction of sp³-hybridized carbons (Fsp3) is 0.278. The van der Waals surface area contributed by atoms with Crippen molar-refractivity contribution >= 4 is 11.4 Å². The Bertz CT molecular complexity index is 629. The lowest BCUT2D eigenvalue weighted by Gasteiger charge is -2.32. The summed E-state index contributed by atoms with van der Waals surface area (Å²) in [4.78, 5) is 0. The van der Waals surface area contributed by atoms with Gasteiger partial charge in [-0.15, -0.1) is 0 Å². The molecule has 21 heavy (non-hydrogen) atoms. The normalized spacial score (nSPS) is 18.7. The molecule has 0 spiro atoms. The van der Waals surface area contributed by atoms with Gasteiger partial charge in [-0.05, 0) is 31.5 Å². The van der Waals surface area contributed by atoms with E-state index in [0.717, 1.165) is 23.4 Å². The number of anilines is 1. The lowest BCUT2D eigenvalue weighted by molar-refractivity contribution is 0.0539. The Balaban J connectivity index is 1.99. The first-order valence-electron chi connectivity index (χ1n) is 7.25. The first-order valence-corrected chi connectivity index (χ1v) is 7.25. The molecule has 108 valence electrons. The molecule has 1 aliphatic heterocycles. The van der Waals surface area contributed by atoms with Gasteiger partial charge in [0.05, 0.1) is 23.0 Å². The van der Waals surface area contributed by atoms with E-state index in [4.69, 9.17) is 5.10 Å². The molecule has 2 aromatic carbocycles. The Labute approximate surface area is 125 Å². The number of hydrazone groups is 1. The molecule has 0 amide bonds. The van der Waals surface area contributed by atoms with Crippen LogP contribution in [0, 0.1) is 0 Å². The number of para-hydroxylation sites is 1. The van der Waals surface area contributed by atoms with E-state index in [1.54, 1.807) is 0 Å². The van der Waals surface area contributed by atoms with Crippen LogP contribution in [0.4, 0.5) is 5.69 Å². The van der Waals surface area contributed by atoms with Gasteiger partial charge in [0, 0.05) is 6.42 Å². The maximum atomic E-state index is 10.5. The molecule has 0 saturated carbocycles. The molecule has 0 radical (unpaired) electrons. The van der Waals surface area contributed by atoms with Gasteiger partial charge < -0.3 is 5.11 Å². The second kappa shape index (κ2) is 5.34. The zero-order chi connectivity index (χ0) is 14.9. The Kier molecular flexibility index (Phi) is 3.52. The van der Waals surface area contributed by atoms with Crippen LogP contribution in [0.25, 0.3) is 0 Å². The molecule has 0 aromatic heterocycles. The van der Waals surface area contributed by atoms with E-state index in [0.29, 0.717) is 0 Å². The van der Waals surface area contributed by atoms with Crippen LogP contribution >= 0.6 is 0 Å². The van der Waals surface area contributed by atoms with Gasteiger partial charge in [-0.2, -0.15) is 5.10 Å². The number of rotatable bonds is 3. The highest BCUT2D eigenvalue weighted by molar-refractivity contribution is 6.03. The summed E-state index contributed by atoms with van der Waals surface area (Å²) in [5.41, 5.74) is 2.32. The van der Waals surface area contributed by atoms with Crippen molar-refractivity contribution in [2.24, 2.45) is 5.10 Å². The van der Waals surface area contributed by atoms with Crippen LogP contribution in [-0.4, -0.2) is 22.5 Å². The molecule has 1 N–H and O–H groups in total. The van der Waals surface area contributed by atoms with E-state index in [-0.39, 0.29) is 6.04 Å². The number of aliphatic hydroxyl groups is 1. The number of benzene rings is 2. The summed E-state index contributed by atoms with van der Waals surface area (Å²) in [6, 6.07) is 20.1. The van der Waals surface area contributed by atoms with Crippen LogP contribution in [0.1, 0.15) is 25.8 Å². The van der Waals surface area contributed by atoms with Crippen molar-refractivity contribution in [3.05, 3.63) is 66.2 Å². The monoisotopic (exact) mass is 280 g/mol. The third-order valence-electron chi connectivity index (χ3n) is 3.85. The van der Waals surface area contributed by atoms with E-state index >= 15 is 0 Å². The zero-order valence-corrected chi connectivity index (χ0v) is 12.4. The minimum Gasteiger partial charge on any atom is -0.388 e. The predicted molar refractivity (Wildman–Crippen MR) is 86.6 cm³/mol. The van der Waals surface area contributed by atoms with E-state index < -0.39 is 5.60 Å². The predicted octanol–water partition coefficient (Wildman–Crippen LogP) is 3.44. The van der Waals surface area contributed by atoms with Crippen molar-refractivity contribution in [1.82, 2.24) is 0 Å². The van der Waals surface area contributed by atoms with Crippen LogP contribution in [-0.2, 0) is 0 Å². The summed E-state index contributed by atoms with van der Waals surface area (Å²) in [7, 11) is 0. The zero-order valence-electron chi connectivity index (χ0n) is 12.4. The molecule has 3 heteroatoms. The van der Waals surface area contributed by atoms with Gasteiger partial charge in [-0.25, -0.2) is 0 Å². The number of hydrogen-bond acceptors (Lipinski definition) is 3. The fourth-order valence-corrected chi connectivity index (χ4v) is 2.68. The lowest BCUT2D eigenvalue weighted by Crippen LogP contribution is -2.45. The lowest BCUT2D eigenvalue weighted by atomic mass is 9.92. The average molecular weight is 280 g/mol. The van der Waals surface area contributed by atoms with Gasteiger partial charge >= 0.3 is 0 Å². The van der Waals surface area contributed by atoms with E-state index in [2.05, 4.69) is 12.1 Å². The van der Waals surface area contributed by atoms with Crippen molar-refractivity contribution in [2.45, 2.75) is 31.9 Å².